The zero-order valence-electron chi connectivity index (χ0n) is 18.3. The molecule has 8 nitrogen and oxygen atoms in total. The van der Waals surface area contributed by atoms with Crippen LogP contribution >= 0.6 is 11.6 Å². The summed E-state index contributed by atoms with van der Waals surface area (Å²) in [5.41, 5.74) is 2.93. The summed E-state index contributed by atoms with van der Waals surface area (Å²) in [7, 11) is 0. The van der Waals surface area contributed by atoms with E-state index in [1.54, 1.807) is 12.4 Å². The van der Waals surface area contributed by atoms with Crippen molar-refractivity contribution < 1.29 is 4.79 Å². The maximum Gasteiger partial charge on any atom is 0.294 e. The molecule has 34 heavy (non-hydrogen) atoms. The van der Waals surface area contributed by atoms with E-state index >= 15 is 0 Å². The van der Waals surface area contributed by atoms with Crippen molar-refractivity contribution in [2.45, 2.75) is 43.8 Å². The Morgan fingerprint density at radius 2 is 2.06 bits per heavy atom. The lowest BCUT2D eigenvalue weighted by Crippen LogP contribution is -2.37. The fourth-order valence-corrected chi connectivity index (χ4v) is 5.12. The van der Waals surface area contributed by atoms with Crippen LogP contribution < -0.4 is 16.2 Å². The van der Waals surface area contributed by atoms with Gasteiger partial charge in [-0.25, -0.2) is 4.98 Å². The highest BCUT2D eigenvalue weighted by atomic mass is 35.5. The van der Waals surface area contributed by atoms with E-state index in [0.717, 1.165) is 35.0 Å². The molecule has 1 amide bonds. The van der Waals surface area contributed by atoms with Crippen molar-refractivity contribution in [2.75, 3.05) is 5.32 Å². The second-order valence-electron chi connectivity index (χ2n) is 8.98. The van der Waals surface area contributed by atoms with Gasteiger partial charge < -0.3 is 15.6 Å². The Kier molecular flexibility index (Phi) is 4.91. The standard InChI is InChI=1S/C25H23ClN6O2/c26-21-19-6-7-20(23(33)28-14-17-12-15-13-27-11-8-18(15)29-17)32(19)24(34)22(30-21)31-25(9-10-25)16-4-2-1-3-5-16/h1-5,8,11-13,20,29H,6-7,9-10,14H2,(H,28,33)(H,30,31)/t20-/m0/s1. The molecule has 0 radical (unpaired) electrons. The molecule has 3 N–H and O–H groups in total. The largest absolute Gasteiger partial charge is 0.357 e. The second-order valence-corrected chi connectivity index (χ2v) is 9.33. The number of aromatic amines is 1. The van der Waals surface area contributed by atoms with Crippen molar-refractivity contribution in [1.82, 2.24) is 24.8 Å². The predicted octanol–water partition coefficient (Wildman–Crippen LogP) is 3.68. The molecule has 0 spiro atoms. The van der Waals surface area contributed by atoms with Crippen molar-refractivity contribution >= 4 is 34.2 Å². The normalized spacial score (nSPS) is 18.0. The van der Waals surface area contributed by atoms with Gasteiger partial charge in [0.15, 0.2) is 11.0 Å². The van der Waals surface area contributed by atoms with Crippen molar-refractivity contribution in [3.05, 3.63) is 87.3 Å². The molecule has 4 aromatic rings. The Morgan fingerprint density at radius 3 is 2.82 bits per heavy atom. The number of nitrogens with zero attached hydrogens (tertiary/aromatic N) is 3. The predicted molar refractivity (Wildman–Crippen MR) is 130 cm³/mol. The summed E-state index contributed by atoms with van der Waals surface area (Å²) in [6.45, 7) is 0.329. The average molecular weight is 475 g/mol. The minimum Gasteiger partial charge on any atom is -0.357 e. The summed E-state index contributed by atoms with van der Waals surface area (Å²) < 4.78 is 1.52. The molecule has 2 aliphatic rings. The number of carbonyl (C=O) groups excluding carboxylic acids is 1. The van der Waals surface area contributed by atoms with E-state index < -0.39 is 6.04 Å². The Hall–Kier alpha value is -3.65. The highest BCUT2D eigenvalue weighted by molar-refractivity contribution is 6.30. The second kappa shape index (κ2) is 7.99. The number of rotatable bonds is 6. The van der Waals surface area contributed by atoms with Crippen LogP contribution in [0.25, 0.3) is 10.9 Å². The van der Waals surface area contributed by atoms with Crippen LogP contribution in [-0.4, -0.2) is 25.4 Å². The van der Waals surface area contributed by atoms with E-state index in [1.165, 1.54) is 4.57 Å². The maximum atomic E-state index is 13.4. The van der Waals surface area contributed by atoms with Crippen LogP contribution in [0.4, 0.5) is 5.82 Å². The first-order chi connectivity index (χ1) is 16.5. The molecule has 1 fully saturated rings. The number of halogens is 1. The fourth-order valence-electron chi connectivity index (χ4n) is 4.85. The van der Waals surface area contributed by atoms with Gasteiger partial charge in [-0.1, -0.05) is 41.9 Å². The van der Waals surface area contributed by atoms with Gasteiger partial charge >= 0.3 is 0 Å². The molecule has 172 valence electrons. The van der Waals surface area contributed by atoms with Gasteiger partial charge in [0.25, 0.3) is 5.56 Å². The first-order valence-corrected chi connectivity index (χ1v) is 11.8. The smallest absolute Gasteiger partial charge is 0.294 e. The number of carbonyl (C=O) groups is 1. The molecule has 0 saturated heterocycles. The van der Waals surface area contributed by atoms with E-state index in [4.69, 9.17) is 11.6 Å². The molecule has 1 aliphatic carbocycles. The number of nitrogens with one attached hydrogen (secondary N) is 3. The fraction of sp³-hybridized carbons (Fsp3) is 0.280. The van der Waals surface area contributed by atoms with Crippen LogP contribution in [0.15, 0.2) is 59.7 Å². The van der Waals surface area contributed by atoms with Gasteiger partial charge in [-0.2, -0.15) is 0 Å². The molecule has 4 heterocycles. The third kappa shape index (κ3) is 3.54. The lowest BCUT2D eigenvalue weighted by Gasteiger charge is -2.21. The Bertz CT molecular complexity index is 1420. The summed E-state index contributed by atoms with van der Waals surface area (Å²) in [4.78, 5) is 38.3. The molecule has 6 rings (SSSR count). The minimum absolute atomic E-state index is 0.193. The summed E-state index contributed by atoms with van der Waals surface area (Å²) in [6.07, 6.45) is 6.34. The molecule has 1 aromatic carbocycles. The number of pyridine rings is 1. The van der Waals surface area contributed by atoms with E-state index in [9.17, 15) is 9.59 Å². The van der Waals surface area contributed by atoms with E-state index in [1.807, 2.05) is 42.5 Å². The third-order valence-electron chi connectivity index (χ3n) is 6.79. The van der Waals surface area contributed by atoms with Crippen LogP contribution in [0.2, 0.25) is 5.15 Å². The number of aromatic nitrogens is 4. The first kappa shape index (κ1) is 20.9. The van der Waals surface area contributed by atoms with Gasteiger partial charge in [0, 0.05) is 29.0 Å². The minimum atomic E-state index is -0.624. The van der Waals surface area contributed by atoms with Gasteiger partial charge in [-0.05, 0) is 43.4 Å². The van der Waals surface area contributed by atoms with Gasteiger partial charge in [-0.15, -0.1) is 0 Å². The SMILES string of the molecule is O=C(NCc1cc2cnccc2[nH]1)[C@@H]1CCc2c(Cl)nc(NC3(c4ccccc4)CC3)c(=O)n21. The number of anilines is 1. The lowest BCUT2D eigenvalue weighted by molar-refractivity contribution is -0.124. The van der Waals surface area contributed by atoms with Gasteiger partial charge in [-0.3, -0.25) is 19.1 Å². The van der Waals surface area contributed by atoms with Gasteiger partial charge in [0.2, 0.25) is 5.91 Å². The highest BCUT2D eigenvalue weighted by Gasteiger charge is 2.45. The topological polar surface area (TPSA) is 105 Å². The monoisotopic (exact) mass is 474 g/mol. The zero-order chi connectivity index (χ0) is 23.3. The van der Waals surface area contributed by atoms with Crippen LogP contribution in [0.5, 0.6) is 0 Å². The molecule has 0 unspecified atom stereocenters. The summed E-state index contributed by atoms with van der Waals surface area (Å²) >= 11 is 6.48. The van der Waals surface area contributed by atoms with E-state index in [0.29, 0.717) is 25.1 Å². The number of H-pyrrole nitrogens is 1. The van der Waals surface area contributed by atoms with Crippen molar-refractivity contribution in [2.24, 2.45) is 0 Å². The number of amides is 1. The van der Waals surface area contributed by atoms with Crippen molar-refractivity contribution in [3.8, 4) is 0 Å². The summed E-state index contributed by atoms with van der Waals surface area (Å²) in [6, 6.07) is 13.2. The Morgan fingerprint density at radius 1 is 1.24 bits per heavy atom. The highest BCUT2D eigenvalue weighted by Crippen LogP contribution is 2.47. The molecular weight excluding hydrogens is 452 g/mol. The van der Waals surface area contributed by atoms with Crippen molar-refractivity contribution in [1.29, 1.82) is 0 Å². The number of hydrogen-bond acceptors (Lipinski definition) is 5. The summed E-state index contributed by atoms with van der Waals surface area (Å²) in [5.74, 6) is -0.0204. The molecule has 3 aromatic heterocycles. The Balaban J connectivity index is 1.25. The Labute approximate surface area is 200 Å². The van der Waals surface area contributed by atoms with Gasteiger partial charge in [0.1, 0.15) is 6.04 Å². The number of fused-ring (bicyclic) bond motifs is 2. The van der Waals surface area contributed by atoms with Gasteiger partial charge in [0.05, 0.1) is 17.8 Å². The van der Waals surface area contributed by atoms with Crippen LogP contribution in [0.3, 0.4) is 0 Å². The molecule has 9 heteroatoms. The molecule has 1 atom stereocenters. The molecular formula is C25H23ClN6O2. The van der Waals surface area contributed by atoms with Crippen LogP contribution in [-0.2, 0) is 23.3 Å². The van der Waals surface area contributed by atoms with E-state index in [-0.39, 0.29) is 28.0 Å². The third-order valence-corrected chi connectivity index (χ3v) is 7.10. The van der Waals surface area contributed by atoms with Crippen molar-refractivity contribution in [3.63, 3.8) is 0 Å². The number of benzene rings is 1. The quantitative estimate of drug-likeness (QED) is 0.395. The lowest BCUT2D eigenvalue weighted by atomic mass is 10.1. The molecule has 0 bridgehead atoms. The van der Waals surface area contributed by atoms with Crippen LogP contribution in [0, 0.1) is 0 Å². The van der Waals surface area contributed by atoms with E-state index in [2.05, 4.69) is 25.6 Å². The first-order valence-electron chi connectivity index (χ1n) is 11.4. The zero-order valence-corrected chi connectivity index (χ0v) is 19.1. The van der Waals surface area contributed by atoms with Crippen LogP contribution in [0.1, 0.15) is 42.3 Å². The average Bonchev–Trinajstić information content (AvgIpc) is 3.30. The summed E-state index contributed by atoms with van der Waals surface area (Å²) in [5, 5.41) is 7.56. The molecule has 1 saturated carbocycles. The number of hydrogen-bond donors (Lipinski definition) is 3. The maximum absolute atomic E-state index is 13.4. The molecule has 1 aliphatic heterocycles.